The number of rotatable bonds is 6. The van der Waals surface area contributed by atoms with Gasteiger partial charge in [0.25, 0.3) is 0 Å². The molecule has 26 heavy (non-hydrogen) atoms. The van der Waals surface area contributed by atoms with E-state index in [9.17, 15) is 4.79 Å². The fourth-order valence-corrected chi connectivity index (χ4v) is 6.88. The number of unbranched alkanes of at least 4 members (excludes halogenated alkanes) is 1. The van der Waals surface area contributed by atoms with Gasteiger partial charge in [-0.2, -0.15) is 0 Å². The summed E-state index contributed by atoms with van der Waals surface area (Å²) in [5, 5.41) is 2.10. The Labute approximate surface area is 163 Å². The summed E-state index contributed by atoms with van der Waals surface area (Å²) in [6.45, 7) is 1.60. The van der Waals surface area contributed by atoms with E-state index in [0.717, 1.165) is 31.2 Å². The first kappa shape index (κ1) is 18.1. The zero-order valence-corrected chi connectivity index (χ0v) is 16.7. The lowest BCUT2D eigenvalue weighted by Crippen LogP contribution is -2.34. The van der Waals surface area contributed by atoms with Gasteiger partial charge in [0.15, 0.2) is 0 Å². The number of fused-ring (bicyclic) bond motifs is 1. The monoisotopic (exact) mass is 386 g/mol. The summed E-state index contributed by atoms with van der Waals surface area (Å²) in [5.41, 5.74) is 3.84. The average molecular weight is 387 g/mol. The number of nitrogens with zero attached hydrogens (tertiary/aromatic N) is 1. The number of aromatic amines is 1. The molecule has 1 saturated heterocycles. The van der Waals surface area contributed by atoms with Gasteiger partial charge in [-0.25, -0.2) is 0 Å². The molecule has 0 bridgehead atoms. The summed E-state index contributed by atoms with van der Waals surface area (Å²) in [4.78, 5) is 17.9. The highest BCUT2D eigenvalue weighted by Crippen LogP contribution is 2.40. The van der Waals surface area contributed by atoms with E-state index < -0.39 is 0 Å². The number of aromatic nitrogens is 1. The first-order valence-corrected chi connectivity index (χ1v) is 12.0. The second kappa shape index (κ2) is 8.57. The fraction of sp³-hybridized carbons (Fsp3) is 0.476. The Morgan fingerprint density at radius 3 is 3.00 bits per heavy atom. The van der Waals surface area contributed by atoms with Crippen LogP contribution in [0.4, 0.5) is 0 Å². The number of hydrogen-bond donors (Lipinski definition) is 1. The van der Waals surface area contributed by atoms with Crippen molar-refractivity contribution >= 4 is 44.0 Å². The number of para-hydroxylation sites is 1. The molecule has 1 fully saturated rings. The van der Waals surface area contributed by atoms with Crippen molar-refractivity contribution in [3.05, 3.63) is 42.1 Å². The first-order chi connectivity index (χ1) is 12.8. The van der Waals surface area contributed by atoms with Gasteiger partial charge in [-0.15, -0.1) is 0 Å². The summed E-state index contributed by atoms with van der Waals surface area (Å²) in [7, 11) is 4.04. The molecular weight excluding hydrogens is 360 g/mol. The van der Waals surface area contributed by atoms with Crippen molar-refractivity contribution in [3.8, 4) is 0 Å². The number of H-pyrrole nitrogens is 1. The molecule has 4 rings (SSSR count). The van der Waals surface area contributed by atoms with Gasteiger partial charge in [0.1, 0.15) is 0 Å². The molecule has 1 atom stereocenters. The van der Waals surface area contributed by atoms with Crippen LogP contribution in [0, 0.1) is 0 Å². The van der Waals surface area contributed by atoms with Crippen LogP contribution in [-0.4, -0.2) is 39.9 Å². The maximum absolute atomic E-state index is 12.5. The van der Waals surface area contributed by atoms with Crippen molar-refractivity contribution in [2.45, 2.75) is 43.8 Å². The highest BCUT2D eigenvalue weighted by atomic mass is 33.1. The standard InChI is InChI=1S/C21H26N2OS2/c24-21(8-4-1-5-17-11-14-25-26-17)23-12-9-16(10-13-23)19-15-22-20-7-3-2-6-18(19)20/h2-3,6-7,9,15,17,22H,1,4-5,8,10-14H2. The Hall–Kier alpha value is -1.33. The van der Waals surface area contributed by atoms with Crippen molar-refractivity contribution in [2.24, 2.45) is 0 Å². The van der Waals surface area contributed by atoms with Gasteiger partial charge in [0.05, 0.1) is 0 Å². The summed E-state index contributed by atoms with van der Waals surface area (Å²) >= 11 is 0. The molecule has 1 aromatic carbocycles. The number of carbonyl (C=O) groups excluding carboxylic acids is 1. The molecule has 0 aliphatic carbocycles. The topological polar surface area (TPSA) is 36.1 Å². The number of benzene rings is 1. The molecule has 0 saturated carbocycles. The van der Waals surface area contributed by atoms with Crippen LogP contribution in [-0.2, 0) is 4.79 Å². The zero-order chi connectivity index (χ0) is 17.8. The Kier molecular flexibility index (Phi) is 5.95. The SMILES string of the molecule is O=C(CCCCC1CCSS1)N1CC=C(c2c[nH]c3ccccc23)CC1. The van der Waals surface area contributed by atoms with Crippen LogP contribution in [0.25, 0.3) is 16.5 Å². The van der Waals surface area contributed by atoms with Crippen LogP contribution in [0.15, 0.2) is 36.5 Å². The van der Waals surface area contributed by atoms with E-state index in [0.29, 0.717) is 12.3 Å². The quantitative estimate of drug-likeness (QED) is 0.526. The van der Waals surface area contributed by atoms with Crippen LogP contribution in [0.3, 0.4) is 0 Å². The third kappa shape index (κ3) is 4.15. The molecule has 2 aliphatic rings. The van der Waals surface area contributed by atoms with E-state index in [1.807, 2.05) is 26.5 Å². The molecule has 1 aromatic heterocycles. The number of nitrogens with one attached hydrogen (secondary N) is 1. The van der Waals surface area contributed by atoms with E-state index in [1.54, 1.807) is 0 Å². The lowest BCUT2D eigenvalue weighted by Gasteiger charge is -2.26. The van der Waals surface area contributed by atoms with Gasteiger partial charge in [-0.3, -0.25) is 4.79 Å². The van der Waals surface area contributed by atoms with E-state index >= 15 is 0 Å². The molecule has 2 aliphatic heterocycles. The predicted molar refractivity (Wildman–Crippen MR) is 114 cm³/mol. The smallest absolute Gasteiger partial charge is 0.222 e. The summed E-state index contributed by atoms with van der Waals surface area (Å²) in [6, 6.07) is 8.42. The van der Waals surface area contributed by atoms with Crippen LogP contribution in [0.2, 0.25) is 0 Å². The summed E-state index contributed by atoms with van der Waals surface area (Å²) < 4.78 is 0. The van der Waals surface area contributed by atoms with Gasteiger partial charge >= 0.3 is 0 Å². The lowest BCUT2D eigenvalue weighted by atomic mass is 9.98. The average Bonchev–Trinajstić information content (AvgIpc) is 3.35. The first-order valence-electron chi connectivity index (χ1n) is 9.63. The second-order valence-electron chi connectivity index (χ2n) is 7.14. The Balaban J connectivity index is 1.27. The number of carbonyl (C=O) groups is 1. The molecular formula is C21H26N2OS2. The summed E-state index contributed by atoms with van der Waals surface area (Å²) in [6.07, 6.45) is 10.8. The largest absolute Gasteiger partial charge is 0.361 e. The molecule has 2 aromatic rings. The predicted octanol–water partition coefficient (Wildman–Crippen LogP) is 5.50. The number of hydrogen-bond acceptors (Lipinski definition) is 3. The minimum absolute atomic E-state index is 0.327. The fourth-order valence-electron chi connectivity index (χ4n) is 3.85. The van der Waals surface area contributed by atoms with E-state index in [-0.39, 0.29) is 0 Å². The second-order valence-corrected chi connectivity index (χ2v) is 9.93. The third-order valence-corrected chi connectivity index (χ3v) is 8.40. The normalized spacial score (nSPS) is 20.5. The van der Waals surface area contributed by atoms with Crippen molar-refractivity contribution in [1.82, 2.24) is 9.88 Å². The minimum atomic E-state index is 0.327. The van der Waals surface area contributed by atoms with Gasteiger partial charge in [0.2, 0.25) is 5.91 Å². The van der Waals surface area contributed by atoms with Crippen molar-refractivity contribution < 1.29 is 4.79 Å². The molecule has 5 heteroatoms. The van der Waals surface area contributed by atoms with Crippen molar-refractivity contribution in [2.75, 3.05) is 18.8 Å². The molecule has 1 unspecified atom stereocenters. The van der Waals surface area contributed by atoms with E-state index in [4.69, 9.17) is 0 Å². The molecule has 0 spiro atoms. The number of amides is 1. The van der Waals surface area contributed by atoms with E-state index in [1.165, 1.54) is 47.1 Å². The molecule has 1 amide bonds. The maximum Gasteiger partial charge on any atom is 0.222 e. The molecule has 1 N–H and O–H groups in total. The van der Waals surface area contributed by atoms with Gasteiger partial charge in [-0.1, -0.05) is 52.3 Å². The third-order valence-electron chi connectivity index (χ3n) is 5.39. The Morgan fingerprint density at radius 1 is 1.27 bits per heavy atom. The minimum Gasteiger partial charge on any atom is -0.361 e. The summed E-state index contributed by atoms with van der Waals surface area (Å²) in [5.74, 6) is 1.63. The van der Waals surface area contributed by atoms with Crippen LogP contribution in [0.5, 0.6) is 0 Å². The van der Waals surface area contributed by atoms with Gasteiger partial charge in [-0.05, 0) is 37.3 Å². The molecule has 3 nitrogen and oxygen atoms in total. The molecule has 3 heterocycles. The molecule has 0 radical (unpaired) electrons. The van der Waals surface area contributed by atoms with Gasteiger partial charge < -0.3 is 9.88 Å². The highest BCUT2D eigenvalue weighted by Gasteiger charge is 2.20. The van der Waals surface area contributed by atoms with Gasteiger partial charge in [0, 0.05) is 53.2 Å². The van der Waals surface area contributed by atoms with Crippen LogP contribution >= 0.6 is 21.6 Å². The zero-order valence-electron chi connectivity index (χ0n) is 15.1. The van der Waals surface area contributed by atoms with Crippen LogP contribution < -0.4 is 0 Å². The van der Waals surface area contributed by atoms with Crippen molar-refractivity contribution in [1.29, 1.82) is 0 Å². The van der Waals surface area contributed by atoms with Crippen LogP contribution in [0.1, 0.15) is 44.1 Å². The maximum atomic E-state index is 12.5. The Morgan fingerprint density at radius 2 is 2.19 bits per heavy atom. The lowest BCUT2D eigenvalue weighted by molar-refractivity contribution is -0.130. The molecule has 138 valence electrons. The Bertz CT molecular complexity index is 792. The highest BCUT2D eigenvalue weighted by molar-refractivity contribution is 8.77. The van der Waals surface area contributed by atoms with E-state index in [2.05, 4.69) is 41.5 Å². The van der Waals surface area contributed by atoms with Crippen molar-refractivity contribution in [3.63, 3.8) is 0 Å².